The molecule has 2 aromatic carbocycles. The van der Waals surface area contributed by atoms with Crippen molar-refractivity contribution in [2.24, 2.45) is 0 Å². The van der Waals surface area contributed by atoms with E-state index >= 15 is 0 Å². The van der Waals surface area contributed by atoms with Gasteiger partial charge in [0.2, 0.25) is 10.0 Å². The Morgan fingerprint density at radius 3 is 2.53 bits per heavy atom. The van der Waals surface area contributed by atoms with Gasteiger partial charge in [-0.2, -0.15) is 4.31 Å². The Morgan fingerprint density at radius 2 is 1.82 bits per heavy atom. The summed E-state index contributed by atoms with van der Waals surface area (Å²) in [5.74, 6) is -0.560. The number of rotatable bonds is 5. The molecule has 1 unspecified atom stereocenters. The van der Waals surface area contributed by atoms with Crippen molar-refractivity contribution < 1.29 is 27.5 Å². The number of ether oxygens (including phenoxy) is 2. The van der Waals surface area contributed by atoms with E-state index in [0.717, 1.165) is 24.8 Å². The number of piperidine rings is 1. The molecule has 0 N–H and O–H groups in total. The number of anilines is 1. The quantitative estimate of drug-likeness (QED) is 0.599. The molecule has 34 heavy (non-hydrogen) atoms. The van der Waals surface area contributed by atoms with Gasteiger partial charge in [0.25, 0.3) is 5.91 Å². The van der Waals surface area contributed by atoms with E-state index in [-0.39, 0.29) is 28.2 Å². The number of sulfonamides is 1. The molecule has 2 aliphatic rings. The first-order chi connectivity index (χ1) is 16.3. The predicted octanol–water partition coefficient (Wildman–Crippen LogP) is 3.64. The van der Waals surface area contributed by atoms with Crippen LogP contribution in [-0.2, 0) is 21.2 Å². The number of benzene rings is 2. The molecule has 1 fully saturated rings. The lowest BCUT2D eigenvalue weighted by atomic mass is 9.95. The average molecular weight is 487 g/mol. The Labute approximate surface area is 200 Å². The van der Waals surface area contributed by atoms with E-state index in [1.807, 2.05) is 6.92 Å². The van der Waals surface area contributed by atoms with Gasteiger partial charge in [0, 0.05) is 30.4 Å². The summed E-state index contributed by atoms with van der Waals surface area (Å²) >= 11 is 0. The van der Waals surface area contributed by atoms with Gasteiger partial charge in [0.1, 0.15) is 10.6 Å². The summed E-state index contributed by atoms with van der Waals surface area (Å²) in [5.41, 5.74) is 2.09. The van der Waals surface area contributed by atoms with Crippen molar-refractivity contribution in [2.45, 2.75) is 50.0 Å². The maximum Gasteiger partial charge on any atom is 0.338 e. The van der Waals surface area contributed by atoms with Crippen LogP contribution in [0.15, 0.2) is 41.3 Å². The number of nitrogens with zero attached hydrogens (tertiary/aromatic N) is 2. The fourth-order valence-electron chi connectivity index (χ4n) is 4.86. The predicted molar refractivity (Wildman–Crippen MR) is 128 cm³/mol. The molecule has 0 bridgehead atoms. The number of esters is 1. The van der Waals surface area contributed by atoms with Crippen molar-refractivity contribution in [1.29, 1.82) is 0 Å². The van der Waals surface area contributed by atoms with Crippen LogP contribution < -0.4 is 9.64 Å². The van der Waals surface area contributed by atoms with Gasteiger partial charge in [-0.3, -0.25) is 4.79 Å². The van der Waals surface area contributed by atoms with Crippen LogP contribution in [0.25, 0.3) is 0 Å². The first-order valence-electron chi connectivity index (χ1n) is 11.5. The van der Waals surface area contributed by atoms with Crippen LogP contribution in [0.2, 0.25) is 0 Å². The van der Waals surface area contributed by atoms with Crippen LogP contribution in [0.1, 0.15) is 58.9 Å². The molecular formula is C25H30N2O6S. The minimum absolute atomic E-state index is 0.00450. The minimum atomic E-state index is -3.85. The molecule has 8 nitrogen and oxygen atoms in total. The van der Waals surface area contributed by atoms with Gasteiger partial charge >= 0.3 is 5.97 Å². The maximum absolute atomic E-state index is 13.6. The SMILES string of the molecule is COC(=O)c1cccc2c1CCCN2C(=O)c1ccc(OC)c(S(=O)(=O)N2CCCCC2C)c1. The first-order valence-corrected chi connectivity index (χ1v) is 13.0. The molecule has 2 heterocycles. The summed E-state index contributed by atoms with van der Waals surface area (Å²) in [5, 5.41) is 0. The van der Waals surface area contributed by atoms with E-state index in [1.165, 1.54) is 30.7 Å². The summed E-state index contributed by atoms with van der Waals surface area (Å²) in [7, 11) is -1.10. The van der Waals surface area contributed by atoms with Crippen LogP contribution in [0.4, 0.5) is 5.69 Å². The Balaban J connectivity index is 1.73. The number of methoxy groups -OCH3 is 2. The van der Waals surface area contributed by atoms with Crippen molar-refractivity contribution in [2.75, 3.05) is 32.2 Å². The zero-order valence-electron chi connectivity index (χ0n) is 19.7. The third kappa shape index (κ3) is 4.30. The minimum Gasteiger partial charge on any atom is -0.495 e. The molecule has 1 saturated heterocycles. The number of carbonyl (C=O) groups excluding carboxylic acids is 2. The number of amides is 1. The van der Waals surface area contributed by atoms with Crippen molar-refractivity contribution >= 4 is 27.6 Å². The van der Waals surface area contributed by atoms with Gasteiger partial charge in [-0.15, -0.1) is 0 Å². The fraction of sp³-hybridized carbons (Fsp3) is 0.440. The van der Waals surface area contributed by atoms with Gasteiger partial charge in [-0.25, -0.2) is 13.2 Å². The Bertz CT molecular complexity index is 1210. The lowest BCUT2D eigenvalue weighted by Gasteiger charge is -2.33. The highest BCUT2D eigenvalue weighted by molar-refractivity contribution is 7.89. The molecule has 0 spiro atoms. The molecule has 2 aromatic rings. The molecule has 9 heteroatoms. The monoisotopic (exact) mass is 486 g/mol. The molecule has 0 radical (unpaired) electrons. The van der Waals surface area contributed by atoms with Crippen molar-refractivity contribution in [3.8, 4) is 5.75 Å². The lowest BCUT2D eigenvalue weighted by Crippen LogP contribution is -2.42. The highest BCUT2D eigenvalue weighted by atomic mass is 32.2. The third-order valence-electron chi connectivity index (χ3n) is 6.64. The first kappa shape index (κ1) is 24.2. The molecule has 0 aromatic heterocycles. The topological polar surface area (TPSA) is 93.2 Å². The Kier molecular flexibility index (Phi) is 6.95. The normalized spacial score (nSPS) is 18.8. The summed E-state index contributed by atoms with van der Waals surface area (Å²) in [4.78, 5) is 27.4. The number of carbonyl (C=O) groups is 2. The van der Waals surface area contributed by atoms with Crippen molar-refractivity contribution in [1.82, 2.24) is 4.31 Å². The van der Waals surface area contributed by atoms with Crippen LogP contribution in [0, 0.1) is 0 Å². The standard InChI is InChI=1S/C25H30N2O6S/c1-17-8-4-5-15-27(17)34(30,31)23-16-18(12-13-22(23)32-2)24(28)26-14-7-10-19-20(25(29)33-3)9-6-11-21(19)26/h6,9,11-13,16-17H,4-5,7-8,10,14-15H2,1-3H3. The number of fused-ring (bicyclic) bond motifs is 1. The van der Waals surface area contributed by atoms with E-state index in [1.54, 1.807) is 29.2 Å². The van der Waals surface area contributed by atoms with Gasteiger partial charge in [-0.1, -0.05) is 12.5 Å². The molecular weight excluding hydrogens is 456 g/mol. The summed E-state index contributed by atoms with van der Waals surface area (Å²) in [6.07, 6.45) is 3.93. The van der Waals surface area contributed by atoms with E-state index in [9.17, 15) is 18.0 Å². The van der Waals surface area contributed by atoms with Crippen LogP contribution in [-0.4, -0.2) is 58.0 Å². The molecule has 2 aliphatic heterocycles. The highest BCUT2D eigenvalue weighted by Crippen LogP contribution is 2.34. The summed E-state index contributed by atoms with van der Waals surface area (Å²) in [6.45, 7) is 2.82. The second kappa shape index (κ2) is 9.76. The van der Waals surface area contributed by atoms with E-state index in [0.29, 0.717) is 37.2 Å². The highest BCUT2D eigenvalue weighted by Gasteiger charge is 2.34. The van der Waals surface area contributed by atoms with Crippen LogP contribution >= 0.6 is 0 Å². The zero-order valence-corrected chi connectivity index (χ0v) is 20.6. The van der Waals surface area contributed by atoms with Crippen molar-refractivity contribution in [3.63, 3.8) is 0 Å². The van der Waals surface area contributed by atoms with Gasteiger partial charge in [-0.05, 0) is 68.5 Å². The van der Waals surface area contributed by atoms with E-state index in [4.69, 9.17) is 9.47 Å². The van der Waals surface area contributed by atoms with Crippen LogP contribution in [0.5, 0.6) is 5.75 Å². The molecule has 1 amide bonds. The Morgan fingerprint density at radius 1 is 1.03 bits per heavy atom. The smallest absolute Gasteiger partial charge is 0.338 e. The van der Waals surface area contributed by atoms with Gasteiger partial charge in [0.05, 0.1) is 19.8 Å². The number of hydrogen-bond acceptors (Lipinski definition) is 6. The molecule has 4 rings (SSSR count). The molecule has 0 saturated carbocycles. The summed E-state index contributed by atoms with van der Waals surface area (Å²) < 4.78 is 38.9. The van der Waals surface area contributed by atoms with Crippen molar-refractivity contribution in [3.05, 3.63) is 53.1 Å². The molecule has 1 atom stereocenters. The largest absolute Gasteiger partial charge is 0.495 e. The fourth-order valence-corrected chi connectivity index (χ4v) is 6.74. The Hall–Kier alpha value is -2.91. The number of hydrogen-bond donors (Lipinski definition) is 0. The van der Waals surface area contributed by atoms with E-state index < -0.39 is 16.0 Å². The molecule has 0 aliphatic carbocycles. The maximum atomic E-state index is 13.6. The van der Waals surface area contributed by atoms with Gasteiger partial charge < -0.3 is 14.4 Å². The van der Waals surface area contributed by atoms with Crippen LogP contribution in [0.3, 0.4) is 0 Å². The van der Waals surface area contributed by atoms with E-state index in [2.05, 4.69) is 0 Å². The van der Waals surface area contributed by atoms with Gasteiger partial charge in [0.15, 0.2) is 0 Å². The molecule has 182 valence electrons. The second-order valence-electron chi connectivity index (χ2n) is 8.68. The zero-order chi connectivity index (χ0) is 24.5. The lowest BCUT2D eigenvalue weighted by molar-refractivity contribution is 0.0599. The summed E-state index contributed by atoms with van der Waals surface area (Å²) in [6, 6.07) is 9.62. The third-order valence-corrected chi connectivity index (χ3v) is 8.68. The second-order valence-corrected chi connectivity index (χ2v) is 10.5. The average Bonchev–Trinajstić information content (AvgIpc) is 2.86.